The lowest BCUT2D eigenvalue weighted by molar-refractivity contribution is 0.252. The fourth-order valence-corrected chi connectivity index (χ4v) is 4.67. The van der Waals surface area contributed by atoms with Gasteiger partial charge in [-0.3, -0.25) is 4.90 Å². The zero-order valence-corrected chi connectivity index (χ0v) is 17.8. The highest BCUT2D eigenvalue weighted by Gasteiger charge is 2.19. The number of rotatable bonds is 8. The van der Waals surface area contributed by atoms with E-state index in [9.17, 15) is 0 Å². The van der Waals surface area contributed by atoms with Gasteiger partial charge < -0.3 is 15.0 Å². The highest BCUT2D eigenvalue weighted by Crippen LogP contribution is 2.25. The van der Waals surface area contributed by atoms with Crippen molar-refractivity contribution in [1.29, 1.82) is 0 Å². The predicted molar refractivity (Wildman–Crippen MR) is 121 cm³/mol. The number of anilines is 1. The lowest BCUT2D eigenvalue weighted by Crippen LogP contribution is -2.46. The topological polar surface area (TPSA) is 27.7 Å². The van der Waals surface area contributed by atoms with E-state index >= 15 is 0 Å². The number of fused-ring (bicyclic) bond motifs is 1. The van der Waals surface area contributed by atoms with E-state index in [1.807, 2.05) is 0 Å². The van der Waals surface area contributed by atoms with Crippen molar-refractivity contribution < 1.29 is 4.74 Å². The summed E-state index contributed by atoms with van der Waals surface area (Å²) in [5.74, 6) is 0.983. The fourth-order valence-electron chi connectivity index (χ4n) is 4.67. The molecule has 0 spiro atoms. The minimum absolute atomic E-state index is 0.615. The largest absolute Gasteiger partial charge is 0.497 e. The third-order valence-corrected chi connectivity index (χ3v) is 6.47. The number of unbranched alkanes of at least 4 members (excludes halogenated alkanes) is 1. The van der Waals surface area contributed by atoms with Gasteiger partial charge in [0.15, 0.2) is 0 Å². The van der Waals surface area contributed by atoms with E-state index in [-0.39, 0.29) is 0 Å². The molecule has 4 rings (SSSR count). The molecule has 0 unspecified atom stereocenters. The van der Waals surface area contributed by atoms with Crippen LogP contribution < -0.4 is 15.0 Å². The highest BCUT2D eigenvalue weighted by molar-refractivity contribution is 5.46. The van der Waals surface area contributed by atoms with Crippen LogP contribution in [0.1, 0.15) is 30.4 Å². The molecular formula is C25H35N3O. The molecule has 1 saturated heterocycles. The molecule has 2 aliphatic rings. The van der Waals surface area contributed by atoms with E-state index in [4.69, 9.17) is 4.74 Å². The molecule has 0 amide bonds. The van der Waals surface area contributed by atoms with Crippen molar-refractivity contribution in [2.75, 3.05) is 51.3 Å². The van der Waals surface area contributed by atoms with E-state index in [2.05, 4.69) is 63.6 Å². The molecule has 0 bridgehead atoms. The number of aryl methyl sites for hydroxylation is 1. The lowest BCUT2D eigenvalue weighted by atomic mass is 9.88. The Hall–Kier alpha value is -2.04. The first-order chi connectivity index (χ1) is 14.3. The smallest absolute Gasteiger partial charge is 0.119 e. The molecule has 0 saturated carbocycles. The first-order valence-corrected chi connectivity index (χ1v) is 11.2. The van der Waals surface area contributed by atoms with Crippen LogP contribution in [0.5, 0.6) is 5.75 Å². The molecule has 4 nitrogen and oxygen atoms in total. The Balaban J connectivity index is 1.11. The fraction of sp³-hybridized carbons (Fsp3) is 0.520. The van der Waals surface area contributed by atoms with Gasteiger partial charge in [-0.15, -0.1) is 0 Å². The maximum Gasteiger partial charge on any atom is 0.119 e. The second-order valence-electron chi connectivity index (χ2n) is 8.40. The summed E-state index contributed by atoms with van der Waals surface area (Å²) in [5, 5.41) is 3.80. The Kier molecular flexibility index (Phi) is 7.07. The summed E-state index contributed by atoms with van der Waals surface area (Å²) in [7, 11) is 1.75. The monoisotopic (exact) mass is 393 g/mol. The minimum atomic E-state index is 0.615. The lowest BCUT2D eigenvalue weighted by Gasteiger charge is -2.36. The van der Waals surface area contributed by atoms with Crippen molar-refractivity contribution >= 4 is 5.69 Å². The summed E-state index contributed by atoms with van der Waals surface area (Å²) < 4.78 is 5.39. The third-order valence-electron chi connectivity index (χ3n) is 6.47. The Labute approximate surface area is 175 Å². The third kappa shape index (κ3) is 5.52. The quantitative estimate of drug-likeness (QED) is 0.692. The maximum absolute atomic E-state index is 5.39. The van der Waals surface area contributed by atoms with E-state index in [1.54, 1.807) is 7.11 Å². The van der Waals surface area contributed by atoms with Crippen LogP contribution >= 0.6 is 0 Å². The highest BCUT2D eigenvalue weighted by atomic mass is 16.5. The number of nitrogens with zero attached hydrogens (tertiary/aromatic N) is 2. The molecule has 0 radical (unpaired) electrons. The molecule has 2 aromatic carbocycles. The number of hydrogen-bond acceptors (Lipinski definition) is 4. The Bertz CT molecular complexity index is 756. The first-order valence-electron chi connectivity index (χ1n) is 11.2. The molecule has 0 aromatic heterocycles. The Morgan fingerprint density at radius 2 is 1.79 bits per heavy atom. The first kappa shape index (κ1) is 20.2. The van der Waals surface area contributed by atoms with Crippen molar-refractivity contribution in [3.63, 3.8) is 0 Å². The number of piperazine rings is 1. The minimum Gasteiger partial charge on any atom is -0.497 e. The standard InChI is InChI=1S/C25H35N3O/c1-29-25-12-10-21-9-11-23(19-22(21)20-25)26-13-5-6-14-27-15-17-28(18-16-27)24-7-3-2-4-8-24/h2-4,7-8,10,12,20,23,26H,5-6,9,11,13-19H2,1H3/t23-/m1/s1. The number of hydrogen-bond donors (Lipinski definition) is 1. The number of methoxy groups -OCH3 is 1. The van der Waals surface area contributed by atoms with Crippen LogP contribution in [0.15, 0.2) is 48.5 Å². The zero-order valence-electron chi connectivity index (χ0n) is 17.8. The van der Waals surface area contributed by atoms with Crippen LogP contribution in [0.4, 0.5) is 5.69 Å². The van der Waals surface area contributed by atoms with Crippen molar-refractivity contribution in [3.8, 4) is 5.75 Å². The summed E-state index contributed by atoms with van der Waals surface area (Å²) in [5.41, 5.74) is 4.32. The SMILES string of the molecule is COc1ccc2c(c1)C[C@H](NCCCCN1CCN(c3ccccc3)CC1)CC2. The molecule has 156 valence electrons. The molecule has 2 aromatic rings. The van der Waals surface area contributed by atoms with Gasteiger partial charge in [0.1, 0.15) is 5.75 Å². The average molecular weight is 394 g/mol. The number of benzene rings is 2. The van der Waals surface area contributed by atoms with Gasteiger partial charge in [0.05, 0.1) is 7.11 Å². The summed E-state index contributed by atoms with van der Waals surface area (Å²) in [6.07, 6.45) is 6.12. The molecular weight excluding hydrogens is 358 g/mol. The van der Waals surface area contributed by atoms with Crippen molar-refractivity contribution in [2.45, 2.75) is 38.1 Å². The molecule has 1 atom stereocenters. The van der Waals surface area contributed by atoms with E-state index < -0.39 is 0 Å². The van der Waals surface area contributed by atoms with E-state index in [1.165, 1.54) is 62.1 Å². The van der Waals surface area contributed by atoms with Crippen molar-refractivity contribution in [3.05, 3.63) is 59.7 Å². The van der Waals surface area contributed by atoms with Gasteiger partial charge in [0.2, 0.25) is 0 Å². The molecule has 1 heterocycles. The van der Waals surface area contributed by atoms with Gasteiger partial charge in [0, 0.05) is 37.9 Å². The Morgan fingerprint density at radius 3 is 2.59 bits per heavy atom. The Morgan fingerprint density at radius 1 is 0.966 bits per heavy atom. The second-order valence-corrected chi connectivity index (χ2v) is 8.40. The average Bonchev–Trinajstić information content (AvgIpc) is 2.79. The second kappa shape index (κ2) is 10.1. The molecule has 1 fully saturated rings. The van der Waals surface area contributed by atoms with Crippen LogP contribution in [0.25, 0.3) is 0 Å². The number of para-hydroxylation sites is 1. The number of ether oxygens (including phenoxy) is 1. The molecule has 1 N–H and O–H groups in total. The molecule has 4 heteroatoms. The van der Waals surface area contributed by atoms with E-state index in [0.29, 0.717) is 6.04 Å². The zero-order chi connectivity index (χ0) is 19.9. The van der Waals surface area contributed by atoms with Crippen LogP contribution in [0.3, 0.4) is 0 Å². The van der Waals surface area contributed by atoms with Gasteiger partial charge >= 0.3 is 0 Å². The van der Waals surface area contributed by atoms with E-state index in [0.717, 1.165) is 31.8 Å². The van der Waals surface area contributed by atoms with Crippen LogP contribution in [0.2, 0.25) is 0 Å². The van der Waals surface area contributed by atoms with Crippen LogP contribution in [-0.2, 0) is 12.8 Å². The van der Waals surface area contributed by atoms with Crippen molar-refractivity contribution in [2.24, 2.45) is 0 Å². The summed E-state index contributed by atoms with van der Waals surface area (Å²) in [4.78, 5) is 5.14. The molecule has 1 aliphatic heterocycles. The molecule has 29 heavy (non-hydrogen) atoms. The summed E-state index contributed by atoms with van der Waals surface area (Å²) >= 11 is 0. The van der Waals surface area contributed by atoms with Crippen molar-refractivity contribution in [1.82, 2.24) is 10.2 Å². The van der Waals surface area contributed by atoms with Gasteiger partial charge in [-0.1, -0.05) is 24.3 Å². The summed E-state index contributed by atoms with van der Waals surface area (Å²) in [6.45, 7) is 7.02. The van der Waals surface area contributed by atoms with Gasteiger partial charge in [-0.05, 0) is 80.6 Å². The van der Waals surface area contributed by atoms with Gasteiger partial charge in [0.25, 0.3) is 0 Å². The predicted octanol–water partition coefficient (Wildman–Crippen LogP) is 3.74. The van der Waals surface area contributed by atoms with Crippen LogP contribution in [0, 0.1) is 0 Å². The normalized spacial score (nSPS) is 19.8. The van der Waals surface area contributed by atoms with Gasteiger partial charge in [-0.2, -0.15) is 0 Å². The maximum atomic E-state index is 5.39. The summed E-state index contributed by atoms with van der Waals surface area (Å²) in [6, 6.07) is 18.0. The molecule has 1 aliphatic carbocycles. The number of nitrogens with one attached hydrogen (secondary N) is 1. The van der Waals surface area contributed by atoms with Crippen LogP contribution in [-0.4, -0.2) is 57.3 Å². The van der Waals surface area contributed by atoms with Gasteiger partial charge in [-0.25, -0.2) is 0 Å².